The van der Waals surface area contributed by atoms with Crippen LogP contribution < -0.4 is 5.73 Å². The molecule has 72 valence electrons. The van der Waals surface area contributed by atoms with E-state index < -0.39 is 0 Å². The van der Waals surface area contributed by atoms with E-state index in [2.05, 4.69) is 26.2 Å². The van der Waals surface area contributed by atoms with Gasteiger partial charge in [0, 0.05) is 4.47 Å². The monoisotopic (exact) mass is 252 g/mol. The molecule has 0 aliphatic carbocycles. The van der Waals surface area contributed by atoms with Gasteiger partial charge in [0.15, 0.2) is 5.82 Å². The van der Waals surface area contributed by atoms with E-state index in [0.29, 0.717) is 5.82 Å². The summed E-state index contributed by atoms with van der Waals surface area (Å²) in [6.07, 6.45) is 1.68. The predicted octanol–water partition coefficient (Wildman–Crippen LogP) is 1.92. The van der Waals surface area contributed by atoms with Gasteiger partial charge in [0.05, 0.1) is 11.9 Å². The highest BCUT2D eigenvalue weighted by molar-refractivity contribution is 9.10. The fraction of sp³-hybridized carbons (Fsp3) is 0.111. The third-order valence-corrected chi connectivity index (χ3v) is 2.50. The lowest BCUT2D eigenvalue weighted by atomic mass is 10.2. The summed E-state index contributed by atoms with van der Waals surface area (Å²) in [4.78, 5) is 0. The van der Waals surface area contributed by atoms with Crippen LogP contribution in [-0.2, 0) is 0 Å². The zero-order valence-corrected chi connectivity index (χ0v) is 9.19. The number of hydrogen-bond acceptors (Lipinski definition) is 3. The Morgan fingerprint density at radius 3 is 2.79 bits per heavy atom. The molecule has 0 bridgehead atoms. The Hall–Kier alpha value is -1.36. The quantitative estimate of drug-likeness (QED) is 0.844. The number of benzene rings is 1. The summed E-state index contributed by atoms with van der Waals surface area (Å²) in [5, 5.41) is 7.61. The van der Waals surface area contributed by atoms with Crippen LogP contribution in [-0.4, -0.2) is 15.0 Å². The maximum Gasteiger partial charge on any atom is 0.166 e. The van der Waals surface area contributed by atoms with E-state index >= 15 is 0 Å². The zero-order chi connectivity index (χ0) is 10.1. The molecule has 0 spiro atoms. The Labute approximate surface area is 89.9 Å². The van der Waals surface area contributed by atoms with Gasteiger partial charge in [0.1, 0.15) is 0 Å². The summed E-state index contributed by atoms with van der Waals surface area (Å²) in [5.41, 5.74) is 7.61. The normalized spacial score (nSPS) is 10.4. The Morgan fingerprint density at radius 1 is 1.43 bits per heavy atom. The van der Waals surface area contributed by atoms with E-state index in [0.717, 1.165) is 10.2 Å². The van der Waals surface area contributed by atoms with Gasteiger partial charge in [0.2, 0.25) is 0 Å². The second kappa shape index (κ2) is 3.42. The Balaban J connectivity index is 2.52. The van der Waals surface area contributed by atoms with Crippen molar-refractivity contribution in [2.75, 3.05) is 5.73 Å². The largest absolute Gasteiger partial charge is 0.381 e. The lowest BCUT2D eigenvalue weighted by Crippen LogP contribution is -1.96. The zero-order valence-electron chi connectivity index (χ0n) is 7.61. The Bertz CT molecular complexity index is 464. The summed E-state index contributed by atoms with van der Waals surface area (Å²) in [5.74, 6) is 0.414. The molecule has 2 N–H and O–H groups in total. The van der Waals surface area contributed by atoms with Crippen LogP contribution in [0.1, 0.15) is 5.56 Å². The first-order chi connectivity index (χ1) is 6.66. The minimum atomic E-state index is 0.414. The molecule has 0 saturated carbocycles. The van der Waals surface area contributed by atoms with Crippen molar-refractivity contribution in [1.82, 2.24) is 15.0 Å². The van der Waals surface area contributed by atoms with Gasteiger partial charge < -0.3 is 5.73 Å². The summed E-state index contributed by atoms with van der Waals surface area (Å²) in [6.45, 7) is 2.03. The van der Waals surface area contributed by atoms with Crippen LogP contribution >= 0.6 is 15.9 Å². The highest BCUT2D eigenvalue weighted by Crippen LogP contribution is 2.21. The molecule has 1 aromatic heterocycles. The standard InChI is InChI=1S/C9H9BrN4/c1-6-2-3-8(7(10)4-6)14-5-9(11)12-13-14/h2-5H,11H2,1H3. The molecule has 1 aromatic carbocycles. The van der Waals surface area contributed by atoms with E-state index in [9.17, 15) is 0 Å². The van der Waals surface area contributed by atoms with Crippen molar-refractivity contribution in [2.45, 2.75) is 6.92 Å². The topological polar surface area (TPSA) is 56.7 Å². The van der Waals surface area contributed by atoms with Crippen LogP contribution in [0.4, 0.5) is 5.82 Å². The molecule has 2 aromatic rings. The van der Waals surface area contributed by atoms with Gasteiger partial charge >= 0.3 is 0 Å². The number of hydrogen-bond donors (Lipinski definition) is 1. The third-order valence-electron chi connectivity index (χ3n) is 1.86. The molecule has 1 heterocycles. The number of aryl methyl sites for hydroxylation is 1. The van der Waals surface area contributed by atoms with Crippen LogP contribution in [0.15, 0.2) is 28.9 Å². The number of rotatable bonds is 1. The average molecular weight is 253 g/mol. The van der Waals surface area contributed by atoms with Crippen LogP contribution in [0.2, 0.25) is 0 Å². The van der Waals surface area contributed by atoms with Gasteiger partial charge in [-0.2, -0.15) is 0 Å². The number of aromatic nitrogens is 3. The predicted molar refractivity (Wildman–Crippen MR) is 58.2 cm³/mol. The lowest BCUT2D eigenvalue weighted by molar-refractivity contribution is 0.801. The maximum atomic E-state index is 5.49. The first-order valence-corrected chi connectivity index (χ1v) is 4.90. The second-order valence-corrected chi connectivity index (χ2v) is 3.90. The molecule has 5 heteroatoms. The van der Waals surface area contributed by atoms with Gasteiger partial charge in [-0.05, 0) is 40.5 Å². The highest BCUT2D eigenvalue weighted by atomic mass is 79.9. The lowest BCUT2D eigenvalue weighted by Gasteiger charge is -2.03. The van der Waals surface area contributed by atoms with Gasteiger partial charge in [-0.3, -0.25) is 0 Å². The first-order valence-electron chi connectivity index (χ1n) is 4.11. The van der Waals surface area contributed by atoms with E-state index in [1.54, 1.807) is 10.9 Å². The number of halogens is 1. The summed E-state index contributed by atoms with van der Waals surface area (Å²) >= 11 is 3.46. The van der Waals surface area contributed by atoms with Crippen LogP contribution in [0.5, 0.6) is 0 Å². The molecular formula is C9H9BrN4. The Kier molecular flexibility index (Phi) is 2.25. The SMILES string of the molecule is Cc1ccc(-n2cc(N)nn2)c(Br)c1. The van der Waals surface area contributed by atoms with Crippen molar-refractivity contribution in [3.8, 4) is 5.69 Å². The minimum absolute atomic E-state index is 0.414. The fourth-order valence-corrected chi connectivity index (χ4v) is 1.87. The number of nitrogens with zero attached hydrogens (tertiary/aromatic N) is 3. The maximum absolute atomic E-state index is 5.49. The van der Waals surface area contributed by atoms with Gasteiger partial charge in [-0.25, -0.2) is 4.68 Å². The molecule has 0 aliphatic rings. The molecular weight excluding hydrogens is 244 g/mol. The molecule has 4 nitrogen and oxygen atoms in total. The van der Waals surface area contributed by atoms with Crippen molar-refractivity contribution in [3.63, 3.8) is 0 Å². The van der Waals surface area contributed by atoms with Crippen LogP contribution in [0, 0.1) is 6.92 Å². The molecule has 2 rings (SSSR count). The summed E-state index contributed by atoms with van der Waals surface area (Å²) in [6, 6.07) is 6.00. The smallest absolute Gasteiger partial charge is 0.166 e. The van der Waals surface area contributed by atoms with Crippen molar-refractivity contribution in [3.05, 3.63) is 34.4 Å². The van der Waals surface area contributed by atoms with Crippen molar-refractivity contribution in [2.24, 2.45) is 0 Å². The van der Waals surface area contributed by atoms with Gasteiger partial charge in [-0.15, -0.1) is 5.10 Å². The molecule has 0 atom stereocenters. The number of nitrogens with two attached hydrogens (primary N) is 1. The van der Waals surface area contributed by atoms with E-state index in [1.807, 2.05) is 25.1 Å². The molecule has 0 unspecified atom stereocenters. The molecule has 0 radical (unpaired) electrons. The van der Waals surface area contributed by atoms with Crippen molar-refractivity contribution < 1.29 is 0 Å². The van der Waals surface area contributed by atoms with Crippen molar-refractivity contribution in [1.29, 1.82) is 0 Å². The number of nitrogen functional groups attached to an aromatic ring is 1. The average Bonchev–Trinajstić information content (AvgIpc) is 2.51. The molecule has 0 fully saturated rings. The summed E-state index contributed by atoms with van der Waals surface area (Å²) in [7, 11) is 0. The minimum Gasteiger partial charge on any atom is -0.381 e. The van der Waals surface area contributed by atoms with E-state index in [-0.39, 0.29) is 0 Å². The third kappa shape index (κ3) is 1.63. The van der Waals surface area contributed by atoms with Gasteiger partial charge in [-0.1, -0.05) is 11.3 Å². The number of anilines is 1. The summed E-state index contributed by atoms with van der Waals surface area (Å²) < 4.78 is 2.61. The molecule has 0 saturated heterocycles. The highest BCUT2D eigenvalue weighted by Gasteiger charge is 2.04. The Morgan fingerprint density at radius 2 is 2.21 bits per heavy atom. The molecule has 0 aliphatic heterocycles. The first kappa shape index (κ1) is 9.21. The van der Waals surface area contributed by atoms with Gasteiger partial charge in [0.25, 0.3) is 0 Å². The van der Waals surface area contributed by atoms with E-state index in [1.165, 1.54) is 5.56 Å². The molecule has 0 amide bonds. The second-order valence-electron chi connectivity index (χ2n) is 3.04. The fourth-order valence-electron chi connectivity index (χ4n) is 1.19. The van der Waals surface area contributed by atoms with Crippen LogP contribution in [0.25, 0.3) is 5.69 Å². The van der Waals surface area contributed by atoms with E-state index in [4.69, 9.17) is 5.73 Å². The van der Waals surface area contributed by atoms with Crippen molar-refractivity contribution >= 4 is 21.7 Å². The molecule has 14 heavy (non-hydrogen) atoms. The van der Waals surface area contributed by atoms with Crippen LogP contribution in [0.3, 0.4) is 0 Å².